The maximum Gasteiger partial charge on any atom is 0.227 e. The van der Waals surface area contributed by atoms with Crippen LogP contribution >= 0.6 is 12.4 Å². The molecule has 1 aromatic carbocycles. The number of hydrogen-bond acceptors (Lipinski definition) is 9. The molecule has 2 fully saturated rings. The second-order valence-electron chi connectivity index (χ2n) is 7.02. The molecule has 12 heteroatoms. The van der Waals surface area contributed by atoms with E-state index < -0.39 is 5.72 Å². The molecule has 1 aromatic heterocycles. The SMILES string of the molecule is COc1cc2nc(N3CCN(C4(C=O)CCCO4)CC3)nc(N)c2cc1OC.Cl.O.O. The van der Waals surface area contributed by atoms with Gasteiger partial charge in [-0.3, -0.25) is 9.69 Å². The fourth-order valence-electron chi connectivity index (χ4n) is 3.96. The van der Waals surface area contributed by atoms with Crippen molar-refractivity contribution in [3.05, 3.63) is 12.1 Å². The Labute approximate surface area is 186 Å². The van der Waals surface area contributed by atoms with Crippen molar-refractivity contribution in [2.45, 2.75) is 18.6 Å². The normalized spacial score (nSPS) is 20.9. The molecule has 11 nitrogen and oxygen atoms in total. The van der Waals surface area contributed by atoms with Crippen LogP contribution in [0.1, 0.15) is 12.8 Å². The molecule has 31 heavy (non-hydrogen) atoms. The van der Waals surface area contributed by atoms with Gasteiger partial charge in [-0.25, -0.2) is 4.98 Å². The van der Waals surface area contributed by atoms with E-state index >= 15 is 0 Å². The van der Waals surface area contributed by atoms with Crippen molar-refractivity contribution in [3.8, 4) is 11.5 Å². The fraction of sp³-hybridized carbons (Fsp3) is 0.526. The Morgan fingerprint density at radius 1 is 1.10 bits per heavy atom. The highest BCUT2D eigenvalue weighted by Gasteiger charge is 2.42. The Morgan fingerprint density at radius 3 is 2.29 bits per heavy atom. The first-order valence-corrected chi connectivity index (χ1v) is 9.40. The number of nitrogen functional groups attached to an aromatic ring is 1. The number of ether oxygens (including phenoxy) is 3. The van der Waals surface area contributed by atoms with E-state index in [4.69, 9.17) is 19.9 Å². The van der Waals surface area contributed by atoms with Crippen molar-refractivity contribution in [2.24, 2.45) is 0 Å². The first kappa shape index (κ1) is 26.6. The maximum absolute atomic E-state index is 11.6. The standard InChI is InChI=1S/C19H25N5O4.ClH.2H2O/c1-26-15-10-13-14(11-16(15)27-2)21-18(22-17(13)20)23-5-7-24(8-6-23)19(12-25)4-3-9-28-19;;;/h10-12H,3-9H2,1-2H3,(H2,20,21,22);1H;2*1H2. The van der Waals surface area contributed by atoms with Crippen LogP contribution in [0, 0.1) is 0 Å². The number of nitrogens with two attached hydrogens (primary N) is 1. The van der Waals surface area contributed by atoms with Gasteiger partial charge >= 0.3 is 0 Å². The summed E-state index contributed by atoms with van der Waals surface area (Å²) in [7, 11) is 3.16. The lowest BCUT2D eigenvalue weighted by atomic mass is 10.1. The number of benzene rings is 1. The summed E-state index contributed by atoms with van der Waals surface area (Å²) in [5, 5.41) is 0.722. The molecule has 0 spiro atoms. The van der Waals surface area contributed by atoms with E-state index in [1.54, 1.807) is 26.4 Å². The van der Waals surface area contributed by atoms with Crippen LogP contribution in [-0.2, 0) is 9.53 Å². The van der Waals surface area contributed by atoms with Crippen LogP contribution in [0.3, 0.4) is 0 Å². The van der Waals surface area contributed by atoms with Gasteiger partial charge in [-0.15, -0.1) is 12.4 Å². The van der Waals surface area contributed by atoms with E-state index in [1.807, 2.05) is 0 Å². The summed E-state index contributed by atoms with van der Waals surface area (Å²) in [6, 6.07) is 3.59. The van der Waals surface area contributed by atoms with Crippen LogP contribution in [0.5, 0.6) is 11.5 Å². The zero-order valence-corrected chi connectivity index (χ0v) is 18.4. The highest BCUT2D eigenvalue weighted by Crippen LogP contribution is 2.34. The fourth-order valence-corrected chi connectivity index (χ4v) is 3.96. The molecule has 4 rings (SSSR count). The van der Waals surface area contributed by atoms with Crippen LogP contribution in [0.15, 0.2) is 12.1 Å². The first-order valence-electron chi connectivity index (χ1n) is 9.40. The van der Waals surface area contributed by atoms with Gasteiger partial charge in [0.05, 0.1) is 19.7 Å². The summed E-state index contributed by atoms with van der Waals surface area (Å²) in [6.07, 6.45) is 2.60. The number of piperazine rings is 1. The molecule has 6 N–H and O–H groups in total. The van der Waals surface area contributed by atoms with Crippen LogP contribution in [0.2, 0.25) is 0 Å². The number of fused-ring (bicyclic) bond motifs is 1. The van der Waals surface area contributed by atoms with E-state index in [2.05, 4.69) is 19.8 Å². The van der Waals surface area contributed by atoms with Crippen molar-refractivity contribution < 1.29 is 30.0 Å². The van der Waals surface area contributed by atoms with E-state index in [0.29, 0.717) is 61.6 Å². The number of rotatable bonds is 5. The summed E-state index contributed by atoms with van der Waals surface area (Å²) in [5.74, 6) is 2.15. The van der Waals surface area contributed by atoms with Crippen molar-refractivity contribution in [2.75, 3.05) is 57.6 Å². The zero-order chi connectivity index (χ0) is 19.7. The van der Waals surface area contributed by atoms with Crippen LogP contribution in [-0.4, -0.2) is 84.8 Å². The Kier molecular flexibility index (Phi) is 9.21. The third kappa shape index (κ3) is 4.75. The quantitative estimate of drug-likeness (QED) is 0.597. The second-order valence-corrected chi connectivity index (χ2v) is 7.02. The van der Waals surface area contributed by atoms with Gasteiger partial charge in [-0.1, -0.05) is 0 Å². The molecule has 0 aliphatic carbocycles. The molecule has 2 aliphatic heterocycles. The van der Waals surface area contributed by atoms with E-state index in [0.717, 1.165) is 24.5 Å². The molecule has 3 heterocycles. The topological polar surface area (TPSA) is 166 Å². The number of carbonyl (C=O) groups excluding carboxylic acids is 1. The van der Waals surface area contributed by atoms with Gasteiger partial charge in [-0.2, -0.15) is 4.98 Å². The van der Waals surface area contributed by atoms with Crippen molar-refractivity contribution in [1.29, 1.82) is 0 Å². The molecule has 0 saturated carbocycles. The molecule has 1 unspecified atom stereocenters. The number of anilines is 2. The summed E-state index contributed by atoms with van der Waals surface area (Å²) < 4.78 is 16.5. The lowest BCUT2D eigenvalue weighted by Crippen LogP contribution is -2.58. The largest absolute Gasteiger partial charge is 0.493 e. The predicted molar refractivity (Wildman–Crippen MR) is 119 cm³/mol. The summed E-state index contributed by atoms with van der Waals surface area (Å²) in [4.78, 5) is 25.0. The van der Waals surface area contributed by atoms with Gasteiger partial charge in [0.1, 0.15) is 5.82 Å². The maximum atomic E-state index is 11.6. The van der Waals surface area contributed by atoms with Gasteiger partial charge in [0.25, 0.3) is 0 Å². The van der Waals surface area contributed by atoms with Crippen LogP contribution < -0.4 is 20.1 Å². The molecule has 0 radical (unpaired) electrons. The van der Waals surface area contributed by atoms with Crippen molar-refractivity contribution in [1.82, 2.24) is 14.9 Å². The van der Waals surface area contributed by atoms with E-state index in [1.165, 1.54) is 0 Å². The Morgan fingerprint density at radius 2 is 1.74 bits per heavy atom. The number of hydrogen-bond donors (Lipinski definition) is 1. The number of nitrogens with zero attached hydrogens (tertiary/aromatic N) is 4. The minimum atomic E-state index is -0.765. The highest BCUT2D eigenvalue weighted by molar-refractivity contribution is 5.91. The molecular formula is C19H30ClN5O6. The van der Waals surface area contributed by atoms with Crippen molar-refractivity contribution in [3.63, 3.8) is 0 Å². The third-order valence-corrected chi connectivity index (χ3v) is 5.53. The van der Waals surface area contributed by atoms with Crippen LogP contribution in [0.4, 0.5) is 11.8 Å². The molecule has 2 saturated heterocycles. The van der Waals surface area contributed by atoms with Gasteiger partial charge in [-0.05, 0) is 18.9 Å². The highest BCUT2D eigenvalue weighted by atomic mass is 35.5. The lowest BCUT2D eigenvalue weighted by Gasteiger charge is -2.42. The summed E-state index contributed by atoms with van der Waals surface area (Å²) in [6.45, 7) is 3.42. The molecule has 2 aromatic rings. The predicted octanol–water partition coefficient (Wildman–Crippen LogP) is -0.171. The van der Waals surface area contributed by atoms with Crippen LogP contribution in [0.25, 0.3) is 10.9 Å². The van der Waals surface area contributed by atoms with Gasteiger partial charge < -0.3 is 35.8 Å². The van der Waals surface area contributed by atoms with Gasteiger partial charge in [0.15, 0.2) is 23.5 Å². The minimum Gasteiger partial charge on any atom is -0.493 e. The van der Waals surface area contributed by atoms with Gasteiger partial charge in [0.2, 0.25) is 5.95 Å². The van der Waals surface area contributed by atoms with Crippen molar-refractivity contribution >= 4 is 41.4 Å². The summed E-state index contributed by atoms with van der Waals surface area (Å²) in [5.41, 5.74) is 6.13. The monoisotopic (exact) mass is 459 g/mol. The lowest BCUT2D eigenvalue weighted by molar-refractivity contribution is -0.152. The Hall–Kier alpha value is -2.44. The Balaban J connectivity index is 0.00000160. The number of carbonyl (C=O) groups is 1. The first-order chi connectivity index (χ1) is 13.6. The van der Waals surface area contributed by atoms with E-state index in [9.17, 15) is 4.79 Å². The third-order valence-electron chi connectivity index (χ3n) is 5.53. The van der Waals surface area contributed by atoms with E-state index in [-0.39, 0.29) is 23.4 Å². The zero-order valence-electron chi connectivity index (χ0n) is 17.6. The van der Waals surface area contributed by atoms with Gasteiger partial charge in [0, 0.05) is 44.2 Å². The molecule has 2 aliphatic rings. The Bertz CT molecular complexity index is 888. The number of halogens is 1. The number of aromatic nitrogens is 2. The molecule has 1 atom stereocenters. The molecule has 0 amide bonds. The smallest absolute Gasteiger partial charge is 0.227 e. The molecule has 174 valence electrons. The minimum absolute atomic E-state index is 0. The second kappa shape index (κ2) is 10.7. The average Bonchev–Trinajstić information content (AvgIpc) is 3.23. The molecule has 0 bridgehead atoms. The number of aldehydes is 1. The molecular weight excluding hydrogens is 430 g/mol. The average molecular weight is 460 g/mol. The number of methoxy groups -OCH3 is 2. The summed E-state index contributed by atoms with van der Waals surface area (Å²) >= 11 is 0.